The predicted octanol–water partition coefficient (Wildman–Crippen LogP) is 4.59. The van der Waals surface area contributed by atoms with E-state index in [0.717, 1.165) is 48.6 Å². The number of thiophene rings is 1. The van der Waals surface area contributed by atoms with Gasteiger partial charge in [0.05, 0.1) is 22.5 Å². The number of likely N-dealkylation sites (tertiary alicyclic amines) is 1. The van der Waals surface area contributed by atoms with Crippen LogP contribution in [0.15, 0.2) is 42.0 Å². The number of halogens is 3. The summed E-state index contributed by atoms with van der Waals surface area (Å²) in [6, 6.07) is 6.38. The lowest BCUT2D eigenvalue weighted by Gasteiger charge is -2.31. The minimum atomic E-state index is -4.52. The number of fused-ring (bicyclic) bond motifs is 1. The van der Waals surface area contributed by atoms with E-state index in [0.29, 0.717) is 16.3 Å². The largest absolute Gasteiger partial charge is 0.433 e. The number of alkyl halides is 3. The number of nitrogens with zero attached hydrogens (tertiary/aromatic N) is 6. The predicted molar refractivity (Wildman–Crippen MR) is 112 cm³/mol. The molecule has 0 N–H and O–H groups in total. The average molecular weight is 447 g/mol. The van der Waals surface area contributed by atoms with Gasteiger partial charge in [-0.25, -0.2) is 9.50 Å². The summed E-state index contributed by atoms with van der Waals surface area (Å²) in [4.78, 5) is 7.50. The van der Waals surface area contributed by atoms with E-state index >= 15 is 0 Å². The molecule has 6 nitrogen and oxygen atoms in total. The molecule has 1 aliphatic heterocycles. The van der Waals surface area contributed by atoms with Crippen LogP contribution < -0.4 is 0 Å². The Kier molecular flexibility index (Phi) is 5.05. The van der Waals surface area contributed by atoms with Crippen LogP contribution >= 0.6 is 11.3 Å². The lowest BCUT2D eigenvalue weighted by Crippen LogP contribution is -2.34. The highest BCUT2D eigenvalue weighted by atomic mass is 32.1. The van der Waals surface area contributed by atoms with E-state index in [4.69, 9.17) is 0 Å². The molecule has 162 valence electrons. The molecule has 5 rings (SSSR count). The fourth-order valence-electron chi connectivity index (χ4n) is 4.20. The number of rotatable bonds is 4. The number of hydrogen-bond acceptors (Lipinski definition) is 5. The van der Waals surface area contributed by atoms with E-state index in [2.05, 4.69) is 20.1 Å². The van der Waals surface area contributed by atoms with Crippen LogP contribution in [0.1, 0.15) is 35.7 Å². The fraction of sp³-hybridized carbons (Fsp3) is 0.381. The first-order valence-electron chi connectivity index (χ1n) is 10.1. The molecule has 1 fully saturated rings. The number of aryl methyl sites for hydroxylation is 1. The second-order valence-corrected chi connectivity index (χ2v) is 8.89. The first-order chi connectivity index (χ1) is 14.9. The maximum absolute atomic E-state index is 13.8. The number of piperidine rings is 1. The first kappa shape index (κ1) is 20.2. The van der Waals surface area contributed by atoms with Gasteiger partial charge in [-0.05, 0) is 36.9 Å². The summed E-state index contributed by atoms with van der Waals surface area (Å²) in [5.74, 6) is 0.0680. The van der Waals surface area contributed by atoms with Crippen LogP contribution in [-0.2, 0) is 19.8 Å². The zero-order valence-corrected chi connectivity index (χ0v) is 17.7. The summed E-state index contributed by atoms with van der Waals surface area (Å²) in [6.07, 6.45) is 1.18. The summed E-state index contributed by atoms with van der Waals surface area (Å²) < 4.78 is 44.1. The van der Waals surface area contributed by atoms with Crippen molar-refractivity contribution in [3.05, 3.63) is 59.0 Å². The maximum atomic E-state index is 13.8. The van der Waals surface area contributed by atoms with Gasteiger partial charge >= 0.3 is 6.18 Å². The average Bonchev–Trinajstić information content (AvgIpc) is 3.47. The molecule has 4 aromatic heterocycles. The lowest BCUT2D eigenvalue weighted by molar-refractivity contribution is -0.142. The molecule has 1 aliphatic rings. The standard InChI is InChI=1S/C21H21F3N6S/c1-28-11-14(10-25-28)12-29-6-2-4-15(13-29)16-9-20-26-17(18-5-3-7-31-18)8-19(21(22,23)24)30(20)27-16/h3,5,7-11,15H,2,4,6,12-13H2,1H3. The summed E-state index contributed by atoms with van der Waals surface area (Å²) in [7, 11) is 1.88. The van der Waals surface area contributed by atoms with Gasteiger partial charge in [-0.3, -0.25) is 9.58 Å². The molecule has 0 amide bonds. The normalized spacial score (nSPS) is 18.1. The third kappa shape index (κ3) is 4.09. The fourth-order valence-corrected chi connectivity index (χ4v) is 4.88. The molecule has 0 bridgehead atoms. The Morgan fingerprint density at radius 1 is 1.26 bits per heavy atom. The SMILES string of the molecule is Cn1cc(CN2CCCC(c3cc4nc(-c5cccs5)cc(C(F)(F)F)n4n3)C2)cn1. The molecule has 0 saturated carbocycles. The minimum absolute atomic E-state index is 0.0680. The van der Waals surface area contributed by atoms with E-state index in [1.54, 1.807) is 22.9 Å². The van der Waals surface area contributed by atoms with Crippen molar-refractivity contribution in [2.24, 2.45) is 7.05 Å². The Morgan fingerprint density at radius 3 is 2.84 bits per heavy atom. The topological polar surface area (TPSA) is 51.2 Å². The van der Waals surface area contributed by atoms with Crippen molar-refractivity contribution in [1.29, 1.82) is 0 Å². The van der Waals surface area contributed by atoms with Crippen molar-refractivity contribution in [1.82, 2.24) is 29.3 Å². The Morgan fingerprint density at radius 2 is 2.13 bits per heavy atom. The number of aromatic nitrogens is 5. The van der Waals surface area contributed by atoms with Crippen LogP contribution in [0.4, 0.5) is 13.2 Å². The number of hydrogen-bond donors (Lipinski definition) is 0. The van der Waals surface area contributed by atoms with Crippen LogP contribution in [-0.4, -0.2) is 42.4 Å². The zero-order chi connectivity index (χ0) is 21.6. The molecule has 1 atom stereocenters. The van der Waals surface area contributed by atoms with Crippen LogP contribution in [0, 0.1) is 0 Å². The van der Waals surface area contributed by atoms with Gasteiger partial charge in [0.2, 0.25) is 0 Å². The summed E-state index contributed by atoms with van der Waals surface area (Å²) in [6.45, 7) is 2.47. The van der Waals surface area contributed by atoms with Crippen molar-refractivity contribution in [3.63, 3.8) is 0 Å². The van der Waals surface area contributed by atoms with Crippen LogP contribution in [0.25, 0.3) is 16.2 Å². The summed E-state index contributed by atoms with van der Waals surface area (Å²) in [5, 5.41) is 10.4. The Bertz CT molecular complexity index is 1190. The zero-order valence-electron chi connectivity index (χ0n) is 16.9. The monoisotopic (exact) mass is 446 g/mol. The van der Waals surface area contributed by atoms with Gasteiger partial charge in [0.25, 0.3) is 0 Å². The Labute approximate surface area is 180 Å². The highest BCUT2D eigenvalue weighted by Gasteiger charge is 2.36. The molecule has 0 spiro atoms. The van der Waals surface area contributed by atoms with Gasteiger partial charge in [0.1, 0.15) is 0 Å². The van der Waals surface area contributed by atoms with Crippen LogP contribution in [0.3, 0.4) is 0 Å². The van der Waals surface area contributed by atoms with E-state index in [1.165, 1.54) is 11.3 Å². The maximum Gasteiger partial charge on any atom is 0.433 e. The van der Waals surface area contributed by atoms with Crippen LogP contribution in [0.2, 0.25) is 0 Å². The smallest absolute Gasteiger partial charge is 0.298 e. The third-order valence-electron chi connectivity index (χ3n) is 5.60. The minimum Gasteiger partial charge on any atom is -0.298 e. The molecule has 10 heteroatoms. The van der Waals surface area contributed by atoms with Gasteiger partial charge in [-0.2, -0.15) is 23.4 Å². The van der Waals surface area contributed by atoms with Crippen molar-refractivity contribution >= 4 is 17.0 Å². The molecule has 1 unspecified atom stereocenters. The Hall–Kier alpha value is -2.72. The van der Waals surface area contributed by atoms with Gasteiger partial charge < -0.3 is 0 Å². The summed E-state index contributed by atoms with van der Waals surface area (Å²) >= 11 is 1.37. The van der Waals surface area contributed by atoms with Crippen LogP contribution in [0.5, 0.6) is 0 Å². The first-order valence-corrected chi connectivity index (χ1v) is 11.0. The van der Waals surface area contributed by atoms with Gasteiger partial charge in [0.15, 0.2) is 11.3 Å². The van der Waals surface area contributed by atoms with Crippen molar-refractivity contribution in [3.8, 4) is 10.6 Å². The highest BCUT2D eigenvalue weighted by molar-refractivity contribution is 7.13. The molecule has 0 radical (unpaired) electrons. The van der Waals surface area contributed by atoms with E-state index in [1.807, 2.05) is 24.8 Å². The second kappa shape index (κ2) is 7.76. The molecular formula is C21H21F3N6S. The van der Waals surface area contributed by atoms with Crippen molar-refractivity contribution in [2.45, 2.75) is 31.5 Å². The van der Waals surface area contributed by atoms with E-state index in [9.17, 15) is 13.2 Å². The van der Waals surface area contributed by atoms with Gasteiger partial charge in [-0.1, -0.05) is 6.07 Å². The van der Waals surface area contributed by atoms with E-state index in [-0.39, 0.29) is 11.6 Å². The van der Waals surface area contributed by atoms with Crippen molar-refractivity contribution in [2.75, 3.05) is 13.1 Å². The molecule has 4 aromatic rings. The molecular weight excluding hydrogens is 425 g/mol. The third-order valence-corrected chi connectivity index (χ3v) is 6.49. The molecule has 0 aliphatic carbocycles. The quantitative estimate of drug-likeness (QED) is 0.460. The van der Waals surface area contributed by atoms with Gasteiger partial charge in [0, 0.05) is 43.9 Å². The molecule has 0 aromatic carbocycles. The second-order valence-electron chi connectivity index (χ2n) is 7.94. The van der Waals surface area contributed by atoms with Gasteiger partial charge in [-0.15, -0.1) is 11.3 Å². The van der Waals surface area contributed by atoms with E-state index < -0.39 is 11.9 Å². The Balaban J connectivity index is 1.47. The lowest BCUT2D eigenvalue weighted by atomic mass is 9.94. The summed E-state index contributed by atoms with van der Waals surface area (Å²) in [5.41, 5.74) is 1.55. The molecule has 31 heavy (non-hydrogen) atoms. The molecule has 1 saturated heterocycles. The molecule has 5 heterocycles. The van der Waals surface area contributed by atoms with Crippen molar-refractivity contribution < 1.29 is 13.2 Å². The highest BCUT2D eigenvalue weighted by Crippen LogP contribution is 2.35.